The summed E-state index contributed by atoms with van der Waals surface area (Å²) in [7, 11) is 0. The van der Waals surface area contributed by atoms with Crippen LogP contribution in [-0.4, -0.2) is 26.6 Å². The van der Waals surface area contributed by atoms with Gasteiger partial charge in [0.1, 0.15) is 5.69 Å². The van der Waals surface area contributed by atoms with Crippen LogP contribution in [0.4, 0.5) is 5.69 Å². The molecule has 0 atom stereocenters. The first-order valence-electron chi connectivity index (χ1n) is 7.86. The van der Waals surface area contributed by atoms with E-state index in [1.165, 1.54) is 6.92 Å². The molecular formula is C19H18N4O2. The SMILES string of the molecule is CC(=O)c1c(C)[nH]c(C(=O)Nc2cnc(-c3ccccc3)nc2)c1C. The molecule has 0 aliphatic carbocycles. The van der Waals surface area contributed by atoms with E-state index in [0.717, 1.165) is 5.56 Å². The van der Waals surface area contributed by atoms with Crippen molar-refractivity contribution in [3.8, 4) is 11.4 Å². The lowest BCUT2D eigenvalue weighted by molar-refractivity contribution is 0.101. The number of rotatable bonds is 4. The molecule has 0 aliphatic heterocycles. The minimum atomic E-state index is -0.329. The highest BCUT2D eigenvalue weighted by molar-refractivity contribution is 6.07. The maximum Gasteiger partial charge on any atom is 0.272 e. The zero-order chi connectivity index (χ0) is 18.0. The van der Waals surface area contributed by atoms with E-state index in [4.69, 9.17) is 0 Å². The van der Waals surface area contributed by atoms with Crippen LogP contribution in [0.5, 0.6) is 0 Å². The molecule has 1 aromatic carbocycles. The van der Waals surface area contributed by atoms with Crippen molar-refractivity contribution in [2.75, 3.05) is 5.32 Å². The summed E-state index contributed by atoms with van der Waals surface area (Å²) in [5.74, 6) is 0.189. The summed E-state index contributed by atoms with van der Waals surface area (Å²) in [5.41, 5.74) is 3.65. The maximum atomic E-state index is 12.5. The van der Waals surface area contributed by atoms with E-state index in [1.807, 2.05) is 30.3 Å². The predicted octanol–water partition coefficient (Wildman–Crippen LogP) is 3.54. The van der Waals surface area contributed by atoms with Gasteiger partial charge >= 0.3 is 0 Å². The summed E-state index contributed by atoms with van der Waals surface area (Å²) < 4.78 is 0. The lowest BCUT2D eigenvalue weighted by Crippen LogP contribution is -2.14. The molecule has 0 saturated heterocycles. The Morgan fingerprint density at radius 2 is 1.68 bits per heavy atom. The molecule has 1 amide bonds. The van der Waals surface area contributed by atoms with Gasteiger partial charge in [-0.05, 0) is 26.3 Å². The van der Waals surface area contributed by atoms with Crippen LogP contribution < -0.4 is 5.32 Å². The number of ketones is 1. The van der Waals surface area contributed by atoms with E-state index in [0.29, 0.717) is 34.0 Å². The van der Waals surface area contributed by atoms with Gasteiger partial charge in [-0.1, -0.05) is 30.3 Å². The van der Waals surface area contributed by atoms with Gasteiger partial charge in [-0.3, -0.25) is 9.59 Å². The van der Waals surface area contributed by atoms with Crippen LogP contribution >= 0.6 is 0 Å². The molecule has 0 saturated carbocycles. The van der Waals surface area contributed by atoms with Crippen LogP contribution in [0.2, 0.25) is 0 Å². The number of anilines is 1. The predicted molar refractivity (Wildman–Crippen MR) is 95.7 cm³/mol. The molecule has 0 unspecified atom stereocenters. The molecule has 2 N–H and O–H groups in total. The van der Waals surface area contributed by atoms with Crippen molar-refractivity contribution in [3.63, 3.8) is 0 Å². The van der Waals surface area contributed by atoms with Gasteiger partial charge in [-0.25, -0.2) is 9.97 Å². The van der Waals surface area contributed by atoms with E-state index in [9.17, 15) is 9.59 Å². The molecule has 6 heteroatoms. The van der Waals surface area contributed by atoms with Crippen LogP contribution in [0.1, 0.15) is 39.0 Å². The van der Waals surface area contributed by atoms with Crippen LogP contribution in [0.15, 0.2) is 42.7 Å². The van der Waals surface area contributed by atoms with Crippen molar-refractivity contribution in [1.29, 1.82) is 0 Å². The summed E-state index contributed by atoms with van der Waals surface area (Å²) in [6.45, 7) is 5.02. The lowest BCUT2D eigenvalue weighted by Gasteiger charge is -2.05. The van der Waals surface area contributed by atoms with Gasteiger partial charge in [-0.2, -0.15) is 0 Å². The minimum Gasteiger partial charge on any atom is -0.354 e. The number of nitrogens with zero attached hydrogens (tertiary/aromatic N) is 2. The fourth-order valence-electron chi connectivity index (χ4n) is 2.83. The molecule has 0 spiro atoms. The van der Waals surface area contributed by atoms with Crippen molar-refractivity contribution in [2.24, 2.45) is 0 Å². The molecule has 25 heavy (non-hydrogen) atoms. The molecule has 0 fully saturated rings. The Hall–Kier alpha value is -3.28. The molecule has 0 aliphatic rings. The molecule has 3 rings (SSSR count). The average molecular weight is 334 g/mol. The first-order valence-corrected chi connectivity index (χ1v) is 7.86. The summed E-state index contributed by atoms with van der Waals surface area (Å²) in [5, 5.41) is 2.75. The number of amides is 1. The number of aromatic nitrogens is 3. The Bertz CT molecular complexity index is 928. The summed E-state index contributed by atoms with van der Waals surface area (Å²) in [6.07, 6.45) is 3.12. The van der Waals surface area contributed by atoms with Gasteiger partial charge in [-0.15, -0.1) is 0 Å². The van der Waals surface area contributed by atoms with E-state index in [2.05, 4.69) is 20.3 Å². The normalized spacial score (nSPS) is 10.5. The smallest absolute Gasteiger partial charge is 0.272 e. The van der Waals surface area contributed by atoms with E-state index >= 15 is 0 Å². The topological polar surface area (TPSA) is 87.7 Å². The maximum absolute atomic E-state index is 12.5. The Morgan fingerprint density at radius 3 is 2.24 bits per heavy atom. The molecule has 126 valence electrons. The highest BCUT2D eigenvalue weighted by Gasteiger charge is 2.20. The fourth-order valence-corrected chi connectivity index (χ4v) is 2.83. The van der Waals surface area contributed by atoms with Crippen molar-refractivity contribution < 1.29 is 9.59 Å². The highest BCUT2D eigenvalue weighted by Crippen LogP contribution is 2.20. The third-order valence-electron chi connectivity index (χ3n) is 3.96. The second kappa shape index (κ2) is 6.68. The Kier molecular flexibility index (Phi) is 4.43. The van der Waals surface area contributed by atoms with Gasteiger partial charge in [0.15, 0.2) is 11.6 Å². The second-order valence-electron chi connectivity index (χ2n) is 5.80. The number of benzene rings is 1. The van der Waals surface area contributed by atoms with E-state index in [1.54, 1.807) is 26.2 Å². The Balaban J connectivity index is 1.80. The number of nitrogens with one attached hydrogen (secondary N) is 2. The summed E-state index contributed by atoms with van der Waals surface area (Å²) in [6, 6.07) is 9.59. The van der Waals surface area contributed by atoms with Gasteiger partial charge in [0.2, 0.25) is 0 Å². The number of hydrogen-bond acceptors (Lipinski definition) is 4. The number of hydrogen-bond donors (Lipinski definition) is 2. The largest absolute Gasteiger partial charge is 0.354 e. The lowest BCUT2D eigenvalue weighted by atomic mass is 10.1. The molecular weight excluding hydrogens is 316 g/mol. The van der Waals surface area contributed by atoms with Gasteiger partial charge in [0, 0.05) is 16.8 Å². The number of H-pyrrole nitrogens is 1. The summed E-state index contributed by atoms with van der Waals surface area (Å²) in [4.78, 5) is 35.7. The molecule has 0 bridgehead atoms. The van der Waals surface area contributed by atoms with Crippen LogP contribution in [0.25, 0.3) is 11.4 Å². The monoisotopic (exact) mass is 334 g/mol. The molecule has 0 radical (unpaired) electrons. The Labute approximate surface area is 145 Å². The van der Waals surface area contributed by atoms with Gasteiger partial charge in [0.05, 0.1) is 18.1 Å². The molecule has 2 heterocycles. The zero-order valence-electron chi connectivity index (χ0n) is 14.3. The van der Waals surface area contributed by atoms with Crippen molar-refractivity contribution >= 4 is 17.4 Å². The van der Waals surface area contributed by atoms with Gasteiger partial charge in [0.25, 0.3) is 5.91 Å². The minimum absolute atomic E-state index is 0.0687. The second-order valence-corrected chi connectivity index (χ2v) is 5.80. The summed E-state index contributed by atoms with van der Waals surface area (Å²) >= 11 is 0. The first-order chi connectivity index (χ1) is 12.0. The van der Waals surface area contributed by atoms with Crippen molar-refractivity contribution in [1.82, 2.24) is 15.0 Å². The third-order valence-corrected chi connectivity index (χ3v) is 3.96. The average Bonchev–Trinajstić information content (AvgIpc) is 2.91. The van der Waals surface area contributed by atoms with E-state index in [-0.39, 0.29) is 11.7 Å². The highest BCUT2D eigenvalue weighted by atomic mass is 16.2. The quantitative estimate of drug-likeness (QED) is 0.714. The number of aryl methyl sites for hydroxylation is 1. The standard InChI is InChI=1S/C19H18N4O2/c1-11-16(13(3)24)12(2)22-17(11)19(25)23-15-9-20-18(21-10-15)14-7-5-4-6-8-14/h4-10,22H,1-3H3,(H,23,25). The molecule has 2 aromatic heterocycles. The molecule has 6 nitrogen and oxygen atoms in total. The number of Topliss-reactive ketones (excluding diaryl/α,β-unsaturated/α-hetero) is 1. The van der Waals surface area contributed by atoms with Gasteiger partial charge < -0.3 is 10.3 Å². The first kappa shape index (κ1) is 16.6. The molecule has 3 aromatic rings. The van der Waals surface area contributed by atoms with Crippen LogP contribution in [-0.2, 0) is 0 Å². The van der Waals surface area contributed by atoms with Crippen LogP contribution in [0, 0.1) is 13.8 Å². The van der Waals surface area contributed by atoms with Crippen molar-refractivity contribution in [2.45, 2.75) is 20.8 Å². The Morgan fingerprint density at radius 1 is 1.04 bits per heavy atom. The number of aromatic amines is 1. The third kappa shape index (κ3) is 3.33. The number of carbonyl (C=O) groups is 2. The van der Waals surface area contributed by atoms with Crippen LogP contribution in [0.3, 0.4) is 0 Å². The van der Waals surface area contributed by atoms with Crippen molar-refractivity contribution in [3.05, 3.63) is 65.2 Å². The number of carbonyl (C=O) groups excluding carboxylic acids is 2. The van der Waals surface area contributed by atoms with E-state index < -0.39 is 0 Å². The zero-order valence-corrected chi connectivity index (χ0v) is 14.3. The fraction of sp³-hybridized carbons (Fsp3) is 0.158.